The predicted molar refractivity (Wildman–Crippen MR) is 187 cm³/mol. The third-order valence-corrected chi connectivity index (χ3v) is 14.3. The lowest BCUT2D eigenvalue weighted by atomic mass is 9.43. The summed E-state index contributed by atoms with van der Waals surface area (Å²) in [7, 11) is 0. The molecule has 49 heavy (non-hydrogen) atoms. The van der Waals surface area contributed by atoms with Gasteiger partial charge in [-0.25, -0.2) is 4.79 Å². The standard InChI is InChI=1S/C42H49NO6/c1-40-20-17-28(43-37(44)14-16-39(46)49-25-33-31-9-5-3-7-29(31)30-8-4-6-10-32(30)33)23-27(40)12-13-36-35(40)18-21-41(2)34(19-22-42(36,41)47)26-11-15-38(45)48-24-26/h3-11,15,24,27-28,33-36,47H,12-14,16-23,25H2,1-2H3,(H,43,44)/t27-,28+,34-,35+,36-,40+,41-,42+/m1/s1. The van der Waals surface area contributed by atoms with Crippen molar-refractivity contribution in [1.82, 2.24) is 5.32 Å². The van der Waals surface area contributed by atoms with E-state index in [1.807, 2.05) is 30.3 Å². The first-order valence-corrected chi connectivity index (χ1v) is 18.5. The Balaban J connectivity index is 0.846. The molecule has 0 spiro atoms. The third kappa shape index (κ3) is 5.30. The molecule has 5 aliphatic rings. The van der Waals surface area contributed by atoms with E-state index < -0.39 is 5.60 Å². The van der Waals surface area contributed by atoms with Crippen LogP contribution in [0.1, 0.15) is 113 Å². The maximum atomic E-state index is 13.1. The molecular weight excluding hydrogens is 614 g/mol. The summed E-state index contributed by atoms with van der Waals surface area (Å²) in [6.07, 6.45) is 10.6. The van der Waals surface area contributed by atoms with Crippen molar-refractivity contribution in [2.24, 2.45) is 28.6 Å². The van der Waals surface area contributed by atoms with E-state index in [2.05, 4.69) is 43.4 Å². The molecule has 3 aromatic rings. The minimum atomic E-state index is -0.727. The van der Waals surface area contributed by atoms with Crippen molar-refractivity contribution in [3.63, 3.8) is 0 Å². The van der Waals surface area contributed by atoms with Gasteiger partial charge in [-0.3, -0.25) is 9.59 Å². The van der Waals surface area contributed by atoms with Crippen LogP contribution in [0.15, 0.2) is 76.1 Å². The molecular formula is C42H49NO6. The number of carbonyl (C=O) groups is 2. The SMILES string of the molecule is C[C@]12CC[C@H](NC(=O)CCC(=O)OCC3c4ccccc4-c4ccccc43)C[C@H]1CC[C@@H]1[C@@H]2CC[C@]2(C)[C@@H](c3ccc(=O)oc3)CC[C@]12O. The number of fused-ring (bicyclic) bond motifs is 8. The van der Waals surface area contributed by atoms with Crippen LogP contribution in [-0.4, -0.2) is 35.2 Å². The van der Waals surface area contributed by atoms with Gasteiger partial charge in [0.1, 0.15) is 6.61 Å². The summed E-state index contributed by atoms with van der Waals surface area (Å²) >= 11 is 0. The molecule has 4 fully saturated rings. The first-order valence-electron chi connectivity index (χ1n) is 18.5. The number of amides is 1. The Hall–Kier alpha value is -3.71. The van der Waals surface area contributed by atoms with Crippen LogP contribution >= 0.6 is 0 Å². The molecule has 4 saturated carbocycles. The van der Waals surface area contributed by atoms with Crippen LogP contribution in [0.2, 0.25) is 0 Å². The average molecular weight is 664 g/mol. The van der Waals surface area contributed by atoms with Crippen molar-refractivity contribution in [3.05, 3.63) is 94.0 Å². The number of hydrogen-bond acceptors (Lipinski definition) is 6. The van der Waals surface area contributed by atoms with E-state index in [0.717, 1.165) is 63.4 Å². The summed E-state index contributed by atoms with van der Waals surface area (Å²) in [4.78, 5) is 37.5. The van der Waals surface area contributed by atoms with Gasteiger partial charge in [-0.05, 0) is 121 Å². The zero-order chi connectivity index (χ0) is 34.0. The number of ether oxygens (including phenoxy) is 1. The number of hydrogen-bond donors (Lipinski definition) is 2. The third-order valence-electron chi connectivity index (χ3n) is 14.3. The van der Waals surface area contributed by atoms with Crippen LogP contribution in [0.3, 0.4) is 0 Å². The summed E-state index contributed by atoms with van der Waals surface area (Å²) in [5.74, 6) is 1.01. The Labute approximate surface area is 288 Å². The van der Waals surface area contributed by atoms with Crippen LogP contribution < -0.4 is 10.9 Å². The molecule has 8 rings (SSSR count). The molecule has 1 aromatic heterocycles. The Morgan fingerprint density at radius 3 is 2.31 bits per heavy atom. The molecule has 1 heterocycles. The van der Waals surface area contributed by atoms with Crippen molar-refractivity contribution in [2.75, 3.05) is 6.61 Å². The van der Waals surface area contributed by atoms with E-state index in [-0.39, 0.29) is 71.6 Å². The quantitative estimate of drug-likeness (QED) is 0.254. The van der Waals surface area contributed by atoms with Crippen LogP contribution in [-0.2, 0) is 14.3 Å². The fraction of sp³-hybridized carbons (Fsp3) is 0.548. The lowest BCUT2D eigenvalue weighted by Gasteiger charge is -2.63. The Bertz CT molecular complexity index is 1750. The summed E-state index contributed by atoms with van der Waals surface area (Å²) in [6.45, 7) is 5.00. The van der Waals surface area contributed by atoms with Gasteiger partial charge in [-0.1, -0.05) is 62.4 Å². The molecule has 7 heteroatoms. The van der Waals surface area contributed by atoms with Crippen LogP contribution in [0.25, 0.3) is 11.1 Å². The first-order chi connectivity index (χ1) is 23.6. The van der Waals surface area contributed by atoms with Crippen molar-refractivity contribution in [2.45, 2.75) is 108 Å². The molecule has 2 aromatic carbocycles. The van der Waals surface area contributed by atoms with Gasteiger partial charge in [0.15, 0.2) is 0 Å². The van der Waals surface area contributed by atoms with Crippen LogP contribution in [0.4, 0.5) is 0 Å². The van der Waals surface area contributed by atoms with E-state index in [1.54, 1.807) is 6.26 Å². The lowest BCUT2D eigenvalue weighted by Crippen LogP contribution is -2.62. The second-order valence-corrected chi connectivity index (χ2v) is 16.3. The van der Waals surface area contributed by atoms with Gasteiger partial charge >= 0.3 is 11.6 Å². The average Bonchev–Trinajstić information content (AvgIpc) is 3.58. The number of aliphatic hydroxyl groups is 1. The van der Waals surface area contributed by atoms with Crippen molar-refractivity contribution < 1.29 is 23.8 Å². The Morgan fingerprint density at radius 2 is 1.59 bits per heavy atom. The molecule has 8 atom stereocenters. The van der Waals surface area contributed by atoms with Crippen molar-refractivity contribution >= 4 is 11.9 Å². The first kappa shape index (κ1) is 32.5. The molecule has 0 saturated heterocycles. The summed E-state index contributed by atoms with van der Waals surface area (Å²) in [6, 6.07) is 20.1. The highest BCUT2D eigenvalue weighted by Crippen LogP contribution is 2.70. The predicted octanol–water partition coefficient (Wildman–Crippen LogP) is 7.50. The van der Waals surface area contributed by atoms with Gasteiger partial charge < -0.3 is 19.6 Å². The molecule has 2 N–H and O–H groups in total. The molecule has 0 radical (unpaired) electrons. The summed E-state index contributed by atoms with van der Waals surface area (Å²) in [5.41, 5.74) is 4.62. The second-order valence-electron chi connectivity index (χ2n) is 16.3. The van der Waals surface area contributed by atoms with E-state index in [9.17, 15) is 19.5 Å². The smallest absolute Gasteiger partial charge is 0.335 e. The van der Waals surface area contributed by atoms with Gasteiger partial charge in [-0.2, -0.15) is 0 Å². The Morgan fingerprint density at radius 1 is 0.857 bits per heavy atom. The van der Waals surface area contributed by atoms with Crippen LogP contribution in [0, 0.1) is 28.6 Å². The number of benzene rings is 2. The number of carbonyl (C=O) groups excluding carboxylic acids is 2. The van der Waals surface area contributed by atoms with Gasteiger partial charge in [0.2, 0.25) is 5.91 Å². The minimum absolute atomic E-state index is 0.0125. The topological polar surface area (TPSA) is 106 Å². The zero-order valence-electron chi connectivity index (χ0n) is 28.8. The lowest BCUT2D eigenvalue weighted by molar-refractivity contribution is -0.202. The molecule has 0 aliphatic heterocycles. The van der Waals surface area contributed by atoms with E-state index >= 15 is 0 Å². The molecule has 0 unspecified atom stereocenters. The van der Waals surface area contributed by atoms with Crippen molar-refractivity contribution in [3.8, 4) is 11.1 Å². The highest BCUT2D eigenvalue weighted by Gasteiger charge is 2.67. The second kappa shape index (κ2) is 12.3. The number of nitrogens with one attached hydrogen (secondary N) is 1. The van der Waals surface area contributed by atoms with Gasteiger partial charge in [0.25, 0.3) is 0 Å². The maximum absolute atomic E-state index is 13.1. The molecule has 1 amide bonds. The summed E-state index contributed by atoms with van der Waals surface area (Å²) in [5, 5.41) is 15.8. The normalized spacial score (nSPS) is 34.6. The van der Waals surface area contributed by atoms with Crippen molar-refractivity contribution in [1.29, 1.82) is 0 Å². The highest BCUT2D eigenvalue weighted by molar-refractivity contribution is 5.82. The molecule has 258 valence electrons. The van der Waals surface area contributed by atoms with Gasteiger partial charge in [-0.15, -0.1) is 0 Å². The molecule has 0 bridgehead atoms. The zero-order valence-corrected chi connectivity index (χ0v) is 28.8. The van der Waals surface area contributed by atoms with Gasteiger partial charge in [0.05, 0.1) is 18.3 Å². The van der Waals surface area contributed by atoms with E-state index in [4.69, 9.17) is 9.15 Å². The monoisotopic (exact) mass is 663 g/mol. The van der Waals surface area contributed by atoms with Gasteiger partial charge in [0, 0.05) is 29.9 Å². The minimum Gasteiger partial charge on any atom is -0.465 e. The molecule has 7 nitrogen and oxygen atoms in total. The highest BCUT2D eigenvalue weighted by atomic mass is 16.5. The number of rotatable bonds is 7. The maximum Gasteiger partial charge on any atom is 0.335 e. The fourth-order valence-electron chi connectivity index (χ4n) is 11.7. The van der Waals surface area contributed by atoms with E-state index in [1.165, 1.54) is 28.3 Å². The summed E-state index contributed by atoms with van der Waals surface area (Å²) < 4.78 is 11.0. The Kier molecular flexibility index (Phi) is 8.13. The molecule has 5 aliphatic carbocycles. The largest absolute Gasteiger partial charge is 0.465 e. The van der Waals surface area contributed by atoms with Crippen LogP contribution in [0.5, 0.6) is 0 Å². The fourth-order valence-corrected chi connectivity index (χ4v) is 11.7. The number of esters is 1. The van der Waals surface area contributed by atoms with E-state index in [0.29, 0.717) is 11.8 Å².